The van der Waals surface area contributed by atoms with Gasteiger partial charge in [-0.3, -0.25) is 4.79 Å². The van der Waals surface area contributed by atoms with E-state index in [9.17, 15) is 4.79 Å². The van der Waals surface area contributed by atoms with E-state index in [0.29, 0.717) is 29.6 Å². The average molecular weight is 381 g/mol. The van der Waals surface area contributed by atoms with Crippen LogP contribution in [0.3, 0.4) is 0 Å². The van der Waals surface area contributed by atoms with Gasteiger partial charge in [0.25, 0.3) is 5.91 Å². The molecule has 2 aromatic carbocycles. The molecule has 0 aliphatic heterocycles. The minimum atomic E-state index is -0.595. The Balaban J connectivity index is 1.60. The predicted octanol–water partition coefficient (Wildman–Crippen LogP) is 3.53. The Morgan fingerprint density at radius 2 is 1.96 bits per heavy atom. The zero-order valence-corrected chi connectivity index (χ0v) is 16.1. The highest BCUT2D eigenvalue weighted by Crippen LogP contribution is 2.21. The number of aryl methyl sites for hydroxylation is 1. The molecular weight excluding hydrogens is 358 g/mol. The SMILES string of the molecule is CCC(Oc1cccc(C)c1)C(=O)NCc1nc(-c2cccc(OC)c2)no1. The number of ether oxygens (including phenoxy) is 2. The van der Waals surface area contributed by atoms with Crippen molar-refractivity contribution in [2.45, 2.75) is 32.9 Å². The number of methoxy groups -OCH3 is 1. The zero-order valence-electron chi connectivity index (χ0n) is 16.1. The Bertz CT molecular complexity index is 939. The molecule has 7 heteroatoms. The molecule has 0 aliphatic carbocycles. The van der Waals surface area contributed by atoms with Crippen LogP contribution in [0.5, 0.6) is 11.5 Å². The minimum Gasteiger partial charge on any atom is -0.497 e. The number of amides is 1. The summed E-state index contributed by atoms with van der Waals surface area (Å²) < 4.78 is 16.2. The second-order valence-corrected chi connectivity index (χ2v) is 6.29. The van der Waals surface area contributed by atoms with Crippen molar-refractivity contribution < 1.29 is 18.8 Å². The molecule has 3 aromatic rings. The maximum atomic E-state index is 12.5. The number of benzene rings is 2. The van der Waals surface area contributed by atoms with Crippen molar-refractivity contribution in [2.75, 3.05) is 7.11 Å². The third-order valence-electron chi connectivity index (χ3n) is 4.14. The van der Waals surface area contributed by atoms with Crippen LogP contribution in [-0.2, 0) is 11.3 Å². The summed E-state index contributed by atoms with van der Waals surface area (Å²) in [5.74, 6) is 1.89. The van der Waals surface area contributed by atoms with Gasteiger partial charge in [0.05, 0.1) is 13.7 Å². The summed E-state index contributed by atoms with van der Waals surface area (Å²) in [7, 11) is 1.60. The summed E-state index contributed by atoms with van der Waals surface area (Å²) in [6.45, 7) is 4.00. The predicted molar refractivity (Wildman–Crippen MR) is 104 cm³/mol. The molecular formula is C21H23N3O4. The van der Waals surface area contributed by atoms with Crippen LogP contribution in [0.4, 0.5) is 0 Å². The number of rotatable bonds is 8. The second-order valence-electron chi connectivity index (χ2n) is 6.29. The summed E-state index contributed by atoms with van der Waals surface area (Å²) in [5.41, 5.74) is 1.85. The van der Waals surface area contributed by atoms with Gasteiger partial charge in [0.2, 0.25) is 11.7 Å². The fourth-order valence-electron chi connectivity index (χ4n) is 2.66. The Labute approximate surface area is 163 Å². The number of carbonyl (C=O) groups is 1. The molecule has 1 amide bonds. The monoisotopic (exact) mass is 381 g/mol. The van der Waals surface area contributed by atoms with Crippen LogP contribution in [0, 0.1) is 6.92 Å². The van der Waals surface area contributed by atoms with E-state index in [-0.39, 0.29) is 12.5 Å². The Morgan fingerprint density at radius 1 is 1.18 bits per heavy atom. The quantitative estimate of drug-likeness (QED) is 0.642. The molecule has 7 nitrogen and oxygen atoms in total. The van der Waals surface area contributed by atoms with Gasteiger partial charge in [0, 0.05) is 5.56 Å². The van der Waals surface area contributed by atoms with Gasteiger partial charge in [-0.2, -0.15) is 4.98 Å². The number of aromatic nitrogens is 2. The first kappa shape index (κ1) is 19.4. The van der Waals surface area contributed by atoms with Crippen LogP contribution in [0.2, 0.25) is 0 Å². The lowest BCUT2D eigenvalue weighted by Gasteiger charge is -2.17. The maximum Gasteiger partial charge on any atom is 0.261 e. The molecule has 1 heterocycles. The Hall–Kier alpha value is -3.35. The lowest BCUT2D eigenvalue weighted by molar-refractivity contribution is -0.128. The third kappa shape index (κ3) is 4.88. The summed E-state index contributed by atoms with van der Waals surface area (Å²) in [6, 6.07) is 15.0. The van der Waals surface area contributed by atoms with E-state index in [2.05, 4.69) is 15.5 Å². The third-order valence-corrected chi connectivity index (χ3v) is 4.14. The van der Waals surface area contributed by atoms with Crippen molar-refractivity contribution in [3.05, 3.63) is 60.0 Å². The van der Waals surface area contributed by atoms with E-state index in [1.807, 2.05) is 62.4 Å². The molecule has 146 valence electrons. The number of hydrogen-bond donors (Lipinski definition) is 1. The molecule has 1 N–H and O–H groups in total. The van der Waals surface area contributed by atoms with E-state index in [0.717, 1.165) is 11.1 Å². The van der Waals surface area contributed by atoms with Crippen LogP contribution in [-0.4, -0.2) is 29.3 Å². The lowest BCUT2D eigenvalue weighted by Crippen LogP contribution is -2.37. The molecule has 1 unspecified atom stereocenters. The second kappa shape index (κ2) is 9.03. The van der Waals surface area contributed by atoms with Gasteiger partial charge >= 0.3 is 0 Å². The smallest absolute Gasteiger partial charge is 0.261 e. The highest BCUT2D eigenvalue weighted by atomic mass is 16.5. The Kier molecular flexibility index (Phi) is 6.26. The molecule has 28 heavy (non-hydrogen) atoms. The Morgan fingerprint density at radius 3 is 2.71 bits per heavy atom. The van der Waals surface area contributed by atoms with Gasteiger partial charge in [-0.1, -0.05) is 36.3 Å². The molecule has 0 radical (unpaired) electrons. The van der Waals surface area contributed by atoms with Gasteiger partial charge in [0.15, 0.2) is 6.10 Å². The average Bonchev–Trinajstić information content (AvgIpc) is 3.19. The van der Waals surface area contributed by atoms with Gasteiger partial charge in [-0.15, -0.1) is 0 Å². The first-order chi connectivity index (χ1) is 13.6. The molecule has 0 spiro atoms. The standard InChI is InChI=1S/C21H23N3O4/c1-4-18(27-17-10-5-7-14(2)11-17)21(25)22-13-19-23-20(24-28-19)15-8-6-9-16(12-15)26-3/h5-12,18H,4,13H2,1-3H3,(H,22,25). The number of hydrogen-bond acceptors (Lipinski definition) is 6. The topological polar surface area (TPSA) is 86.5 Å². The fourth-order valence-corrected chi connectivity index (χ4v) is 2.66. The van der Waals surface area contributed by atoms with E-state index < -0.39 is 6.10 Å². The molecule has 0 aliphatic rings. The molecule has 1 aromatic heterocycles. The number of nitrogens with one attached hydrogen (secondary N) is 1. The van der Waals surface area contributed by atoms with E-state index in [4.69, 9.17) is 14.0 Å². The maximum absolute atomic E-state index is 12.5. The van der Waals surface area contributed by atoms with Crippen LogP contribution in [0.1, 0.15) is 24.8 Å². The van der Waals surface area contributed by atoms with Crippen molar-refractivity contribution in [3.63, 3.8) is 0 Å². The van der Waals surface area contributed by atoms with E-state index in [1.54, 1.807) is 7.11 Å². The molecule has 3 rings (SSSR count). The molecule has 0 saturated heterocycles. The van der Waals surface area contributed by atoms with Crippen LogP contribution >= 0.6 is 0 Å². The lowest BCUT2D eigenvalue weighted by atomic mass is 10.2. The number of carbonyl (C=O) groups excluding carboxylic acids is 1. The fraction of sp³-hybridized carbons (Fsp3) is 0.286. The van der Waals surface area contributed by atoms with Gasteiger partial charge < -0.3 is 19.3 Å². The van der Waals surface area contributed by atoms with Crippen molar-refractivity contribution in [2.24, 2.45) is 0 Å². The highest BCUT2D eigenvalue weighted by molar-refractivity contribution is 5.81. The normalized spacial score (nSPS) is 11.7. The van der Waals surface area contributed by atoms with Crippen LogP contribution < -0.4 is 14.8 Å². The zero-order chi connectivity index (χ0) is 19.9. The summed E-state index contributed by atoms with van der Waals surface area (Å²) >= 11 is 0. The first-order valence-corrected chi connectivity index (χ1v) is 9.07. The van der Waals surface area contributed by atoms with Crippen molar-refractivity contribution in [3.8, 4) is 22.9 Å². The van der Waals surface area contributed by atoms with Crippen molar-refractivity contribution in [1.29, 1.82) is 0 Å². The minimum absolute atomic E-state index is 0.128. The van der Waals surface area contributed by atoms with E-state index >= 15 is 0 Å². The van der Waals surface area contributed by atoms with Crippen molar-refractivity contribution >= 4 is 5.91 Å². The van der Waals surface area contributed by atoms with Crippen molar-refractivity contribution in [1.82, 2.24) is 15.5 Å². The number of nitrogens with zero attached hydrogens (tertiary/aromatic N) is 2. The molecule has 0 fully saturated rings. The van der Waals surface area contributed by atoms with Crippen LogP contribution in [0.15, 0.2) is 53.1 Å². The summed E-state index contributed by atoms with van der Waals surface area (Å²) in [5, 5.41) is 6.75. The van der Waals surface area contributed by atoms with Gasteiger partial charge in [-0.05, 0) is 43.2 Å². The molecule has 1 atom stereocenters. The summed E-state index contributed by atoms with van der Waals surface area (Å²) in [4.78, 5) is 16.8. The molecule has 0 bridgehead atoms. The largest absolute Gasteiger partial charge is 0.497 e. The molecule has 0 saturated carbocycles. The van der Waals surface area contributed by atoms with E-state index in [1.165, 1.54) is 0 Å². The summed E-state index contributed by atoms with van der Waals surface area (Å²) in [6.07, 6.45) is -0.0545. The highest BCUT2D eigenvalue weighted by Gasteiger charge is 2.19. The first-order valence-electron chi connectivity index (χ1n) is 9.07. The van der Waals surface area contributed by atoms with Gasteiger partial charge in [-0.25, -0.2) is 0 Å². The van der Waals surface area contributed by atoms with Crippen LogP contribution in [0.25, 0.3) is 11.4 Å². The van der Waals surface area contributed by atoms with Gasteiger partial charge in [0.1, 0.15) is 11.5 Å².